The molecule has 0 saturated carbocycles. The van der Waals surface area contributed by atoms with Crippen molar-refractivity contribution in [2.45, 2.75) is 13.0 Å². The number of carbonyl (C=O) groups excluding carboxylic acids is 1. The Hall–Kier alpha value is -3.41. The Kier molecular flexibility index (Phi) is 5.77. The Morgan fingerprint density at radius 1 is 1.00 bits per heavy atom. The molecule has 6 nitrogen and oxygen atoms in total. The van der Waals surface area contributed by atoms with E-state index in [2.05, 4.69) is 10.4 Å². The van der Waals surface area contributed by atoms with Gasteiger partial charge in [-0.05, 0) is 36.8 Å². The van der Waals surface area contributed by atoms with Crippen molar-refractivity contribution in [1.82, 2.24) is 15.1 Å². The van der Waals surface area contributed by atoms with E-state index >= 15 is 0 Å². The topological polar surface area (TPSA) is 73.2 Å². The molecular weight excluding hydrogens is 330 g/mol. The third kappa shape index (κ3) is 4.57. The van der Waals surface area contributed by atoms with Crippen LogP contribution in [-0.4, -0.2) is 22.2 Å². The predicted octanol–water partition coefficient (Wildman–Crippen LogP) is 2.86. The van der Waals surface area contributed by atoms with Crippen LogP contribution in [0.15, 0.2) is 77.7 Å². The minimum absolute atomic E-state index is 0.152. The van der Waals surface area contributed by atoms with Gasteiger partial charge >= 0.3 is 0 Å². The fraction of sp³-hybridized carbons (Fsp3) is 0.150. The molecule has 0 aliphatic rings. The fourth-order valence-corrected chi connectivity index (χ4v) is 2.44. The number of hydrogen-bond donors (Lipinski definition) is 1. The van der Waals surface area contributed by atoms with E-state index in [1.807, 2.05) is 36.4 Å². The first-order chi connectivity index (χ1) is 12.7. The molecule has 1 aromatic heterocycles. The molecule has 1 N–H and O–H groups in total. The summed E-state index contributed by atoms with van der Waals surface area (Å²) in [5.41, 5.74) is 0.312. The normalized spacial score (nSPS) is 10.3. The summed E-state index contributed by atoms with van der Waals surface area (Å²) in [5.74, 6) is 0.948. The molecule has 3 rings (SSSR count). The number of hydrogen-bond acceptors (Lipinski definition) is 4. The molecule has 26 heavy (non-hydrogen) atoms. The van der Waals surface area contributed by atoms with Gasteiger partial charge in [0.15, 0.2) is 0 Å². The second-order valence-corrected chi connectivity index (χ2v) is 5.61. The quantitative estimate of drug-likeness (QED) is 0.666. The largest absolute Gasteiger partial charge is 0.457 e. The number of para-hydroxylation sites is 2. The lowest BCUT2D eigenvalue weighted by molar-refractivity contribution is 0.0950. The summed E-state index contributed by atoms with van der Waals surface area (Å²) in [6.07, 6.45) is 2.17. The average molecular weight is 349 g/mol. The molecule has 1 amide bonds. The Labute approximate surface area is 151 Å². The summed E-state index contributed by atoms with van der Waals surface area (Å²) < 4.78 is 7.18. The molecule has 0 bridgehead atoms. The summed E-state index contributed by atoms with van der Waals surface area (Å²) in [6.45, 7) is 0.879. The molecule has 0 radical (unpaired) electrons. The van der Waals surface area contributed by atoms with Crippen molar-refractivity contribution in [3.05, 3.63) is 88.8 Å². The van der Waals surface area contributed by atoms with Crippen LogP contribution < -0.4 is 15.6 Å². The van der Waals surface area contributed by atoms with E-state index < -0.39 is 0 Å². The summed E-state index contributed by atoms with van der Waals surface area (Å²) in [7, 11) is 0. The van der Waals surface area contributed by atoms with E-state index in [0.717, 1.165) is 0 Å². The lowest BCUT2D eigenvalue weighted by Gasteiger charge is -2.11. The van der Waals surface area contributed by atoms with Gasteiger partial charge in [0.05, 0.1) is 5.56 Å². The summed E-state index contributed by atoms with van der Waals surface area (Å²) in [5, 5.41) is 6.84. The third-order valence-electron chi connectivity index (χ3n) is 3.72. The van der Waals surface area contributed by atoms with Crippen molar-refractivity contribution in [2.75, 3.05) is 6.54 Å². The smallest absolute Gasteiger partial charge is 0.266 e. The van der Waals surface area contributed by atoms with Crippen molar-refractivity contribution in [1.29, 1.82) is 0 Å². The van der Waals surface area contributed by atoms with Crippen molar-refractivity contribution < 1.29 is 9.53 Å². The molecule has 1 heterocycles. The van der Waals surface area contributed by atoms with Gasteiger partial charge < -0.3 is 10.1 Å². The van der Waals surface area contributed by atoms with E-state index in [9.17, 15) is 9.59 Å². The Morgan fingerprint density at radius 3 is 2.58 bits per heavy atom. The highest BCUT2D eigenvalue weighted by molar-refractivity contribution is 5.96. The first kappa shape index (κ1) is 17.4. The molecule has 132 valence electrons. The average Bonchev–Trinajstić information content (AvgIpc) is 2.67. The number of rotatable bonds is 7. The van der Waals surface area contributed by atoms with E-state index in [1.165, 1.54) is 10.7 Å². The predicted molar refractivity (Wildman–Crippen MR) is 98.4 cm³/mol. The number of benzene rings is 2. The number of aryl methyl sites for hydroxylation is 1. The number of nitrogens with zero attached hydrogens (tertiary/aromatic N) is 2. The highest BCUT2D eigenvalue weighted by Crippen LogP contribution is 2.24. The van der Waals surface area contributed by atoms with Crippen LogP contribution in [0.2, 0.25) is 0 Å². The zero-order valence-corrected chi connectivity index (χ0v) is 14.2. The highest BCUT2D eigenvalue weighted by atomic mass is 16.5. The maximum Gasteiger partial charge on any atom is 0.266 e. The van der Waals surface area contributed by atoms with Gasteiger partial charge in [0.25, 0.3) is 11.5 Å². The summed E-state index contributed by atoms with van der Waals surface area (Å²) in [6, 6.07) is 19.5. The number of aromatic nitrogens is 2. The summed E-state index contributed by atoms with van der Waals surface area (Å²) in [4.78, 5) is 24.0. The van der Waals surface area contributed by atoms with Crippen molar-refractivity contribution in [3.63, 3.8) is 0 Å². The molecular formula is C20H19N3O3. The monoisotopic (exact) mass is 349 g/mol. The van der Waals surface area contributed by atoms with Gasteiger partial charge in [0.2, 0.25) is 0 Å². The van der Waals surface area contributed by atoms with Gasteiger partial charge in [-0.25, -0.2) is 4.68 Å². The maximum absolute atomic E-state index is 12.5. The molecule has 0 atom stereocenters. The van der Waals surface area contributed by atoms with Crippen LogP contribution in [0.4, 0.5) is 0 Å². The highest BCUT2D eigenvalue weighted by Gasteiger charge is 2.12. The number of ether oxygens (including phenoxy) is 1. The van der Waals surface area contributed by atoms with Crippen LogP contribution in [0.25, 0.3) is 0 Å². The second-order valence-electron chi connectivity index (χ2n) is 5.61. The van der Waals surface area contributed by atoms with E-state index in [1.54, 1.807) is 30.5 Å². The van der Waals surface area contributed by atoms with Crippen LogP contribution >= 0.6 is 0 Å². The van der Waals surface area contributed by atoms with Crippen molar-refractivity contribution >= 4 is 5.91 Å². The Balaban J connectivity index is 1.58. The molecule has 6 heteroatoms. The van der Waals surface area contributed by atoms with Crippen LogP contribution in [0.3, 0.4) is 0 Å². The zero-order valence-electron chi connectivity index (χ0n) is 14.2. The molecule has 0 aliphatic heterocycles. The first-order valence-electron chi connectivity index (χ1n) is 8.36. The molecule has 2 aromatic carbocycles. The zero-order chi connectivity index (χ0) is 18.2. The number of nitrogens with one attached hydrogen (secondary N) is 1. The Bertz CT molecular complexity index is 923. The first-order valence-corrected chi connectivity index (χ1v) is 8.36. The maximum atomic E-state index is 12.5. The van der Waals surface area contributed by atoms with Gasteiger partial charge in [-0.2, -0.15) is 5.10 Å². The van der Waals surface area contributed by atoms with Gasteiger partial charge in [-0.1, -0.05) is 30.3 Å². The summed E-state index contributed by atoms with van der Waals surface area (Å²) >= 11 is 0. The van der Waals surface area contributed by atoms with Gasteiger partial charge in [0.1, 0.15) is 11.5 Å². The number of amides is 1. The van der Waals surface area contributed by atoms with Crippen LogP contribution in [0, 0.1) is 0 Å². The van der Waals surface area contributed by atoms with E-state index in [0.29, 0.717) is 36.6 Å². The number of carbonyl (C=O) groups is 1. The van der Waals surface area contributed by atoms with Crippen molar-refractivity contribution in [3.8, 4) is 11.5 Å². The van der Waals surface area contributed by atoms with Crippen LogP contribution in [0.1, 0.15) is 16.8 Å². The fourth-order valence-electron chi connectivity index (χ4n) is 2.44. The minimum atomic E-state index is -0.218. The Morgan fingerprint density at radius 2 is 1.77 bits per heavy atom. The molecule has 0 aliphatic carbocycles. The molecule has 0 spiro atoms. The molecule has 3 aromatic rings. The standard InChI is InChI=1S/C20H19N3O3/c24-19-12-6-14-22-23(19)15-7-13-21-20(25)17-10-4-5-11-18(17)26-16-8-2-1-3-9-16/h1-6,8-12,14H,7,13,15H2,(H,21,25). The van der Waals surface area contributed by atoms with Crippen LogP contribution in [0.5, 0.6) is 11.5 Å². The van der Waals surface area contributed by atoms with Gasteiger partial charge in [0, 0.05) is 25.4 Å². The van der Waals surface area contributed by atoms with Crippen molar-refractivity contribution in [2.24, 2.45) is 0 Å². The van der Waals surface area contributed by atoms with E-state index in [4.69, 9.17) is 4.74 Å². The SMILES string of the molecule is O=C(NCCCn1ncccc1=O)c1ccccc1Oc1ccccc1. The van der Waals surface area contributed by atoms with Gasteiger partial charge in [-0.15, -0.1) is 0 Å². The lowest BCUT2D eigenvalue weighted by atomic mass is 10.2. The minimum Gasteiger partial charge on any atom is -0.457 e. The molecule has 0 unspecified atom stereocenters. The second kappa shape index (κ2) is 8.62. The van der Waals surface area contributed by atoms with E-state index in [-0.39, 0.29) is 11.5 Å². The molecule has 0 saturated heterocycles. The molecule has 0 fully saturated rings. The van der Waals surface area contributed by atoms with Crippen LogP contribution in [-0.2, 0) is 6.54 Å². The lowest BCUT2D eigenvalue weighted by Crippen LogP contribution is -2.28. The third-order valence-corrected chi connectivity index (χ3v) is 3.72. The van der Waals surface area contributed by atoms with Gasteiger partial charge in [-0.3, -0.25) is 9.59 Å².